The molecule has 0 aliphatic heterocycles. The maximum atomic E-state index is 5.59. The molecular formula is C8H18N8. The third-order valence-electron chi connectivity index (χ3n) is 1.43. The molecule has 0 bridgehead atoms. The highest BCUT2D eigenvalue weighted by atomic mass is 15.6. The Morgan fingerprint density at radius 2 is 1.69 bits per heavy atom. The number of amidine groups is 1. The molecule has 8 heteroatoms. The fourth-order valence-corrected chi connectivity index (χ4v) is 0.896. The van der Waals surface area contributed by atoms with Crippen molar-refractivity contribution in [3.63, 3.8) is 0 Å². The predicted molar refractivity (Wildman–Crippen MR) is 64.9 cm³/mol. The smallest absolute Gasteiger partial charge is 0.159 e. The van der Waals surface area contributed by atoms with Crippen LogP contribution in [0.15, 0.2) is 11.4 Å². The van der Waals surface area contributed by atoms with Crippen LogP contribution in [0.4, 0.5) is 11.6 Å². The van der Waals surface area contributed by atoms with Gasteiger partial charge in [0, 0.05) is 7.05 Å². The Kier molecular flexibility index (Phi) is 5.57. The lowest BCUT2D eigenvalue weighted by Crippen LogP contribution is -2.27. The Morgan fingerprint density at radius 1 is 1.25 bits per heavy atom. The van der Waals surface area contributed by atoms with Crippen LogP contribution in [-0.2, 0) is 0 Å². The first-order chi connectivity index (χ1) is 7.52. The van der Waals surface area contributed by atoms with Crippen LogP contribution in [0.25, 0.3) is 0 Å². The van der Waals surface area contributed by atoms with Crippen molar-refractivity contribution in [2.45, 2.75) is 13.8 Å². The molecule has 0 aromatic carbocycles. The first-order valence-corrected chi connectivity index (χ1v) is 4.71. The zero-order valence-corrected chi connectivity index (χ0v) is 9.68. The summed E-state index contributed by atoms with van der Waals surface area (Å²) in [5.74, 6) is 5.68. The molecule has 1 heterocycles. The molecule has 16 heavy (non-hydrogen) atoms. The van der Waals surface area contributed by atoms with E-state index in [1.165, 1.54) is 13.4 Å². The summed E-state index contributed by atoms with van der Waals surface area (Å²) in [6, 6.07) is 0. The Labute approximate surface area is 94.3 Å². The zero-order valence-electron chi connectivity index (χ0n) is 9.68. The standard InChI is InChI=1S/C6H12N8.C2H6/c1-14(10)13-6(9)3-4(7)11-2-12-5(3)8;1-2/h2H,10H2,1H3,(H2,9,13)(H4,7,8,11,12);1-2H3. The summed E-state index contributed by atoms with van der Waals surface area (Å²) in [6.07, 6.45) is 1.24. The van der Waals surface area contributed by atoms with Crippen LogP contribution in [0.2, 0.25) is 0 Å². The maximum Gasteiger partial charge on any atom is 0.159 e. The summed E-state index contributed by atoms with van der Waals surface area (Å²) in [7, 11) is 1.52. The van der Waals surface area contributed by atoms with Gasteiger partial charge in [0.2, 0.25) is 0 Å². The zero-order chi connectivity index (χ0) is 12.7. The number of hydrogen-bond donors (Lipinski definition) is 4. The highest BCUT2D eigenvalue weighted by Gasteiger charge is 2.10. The molecule has 0 saturated carbocycles. The van der Waals surface area contributed by atoms with Crippen LogP contribution in [0, 0.1) is 0 Å². The largest absolute Gasteiger partial charge is 0.383 e. The Hall–Kier alpha value is -2.09. The first-order valence-electron chi connectivity index (χ1n) is 4.71. The number of nitrogens with two attached hydrogens (primary N) is 4. The number of hydrazone groups is 1. The van der Waals surface area contributed by atoms with Gasteiger partial charge >= 0.3 is 0 Å². The second kappa shape index (κ2) is 6.40. The van der Waals surface area contributed by atoms with Gasteiger partial charge < -0.3 is 17.2 Å². The monoisotopic (exact) mass is 226 g/mol. The highest BCUT2D eigenvalue weighted by Crippen LogP contribution is 2.12. The fraction of sp³-hybridized carbons (Fsp3) is 0.375. The lowest BCUT2D eigenvalue weighted by molar-refractivity contribution is 0.372. The van der Waals surface area contributed by atoms with Crippen molar-refractivity contribution in [2.75, 3.05) is 18.5 Å². The topological polar surface area (TPSA) is 145 Å². The van der Waals surface area contributed by atoms with Crippen molar-refractivity contribution < 1.29 is 0 Å². The molecule has 0 saturated heterocycles. The van der Waals surface area contributed by atoms with E-state index in [1.54, 1.807) is 0 Å². The molecule has 0 amide bonds. The van der Waals surface area contributed by atoms with Gasteiger partial charge in [0.1, 0.15) is 23.5 Å². The molecule has 90 valence electrons. The molecule has 0 aliphatic rings. The average molecular weight is 226 g/mol. The molecule has 1 aromatic heterocycles. The van der Waals surface area contributed by atoms with Gasteiger partial charge in [-0.3, -0.25) is 0 Å². The van der Waals surface area contributed by atoms with Gasteiger partial charge in [0.05, 0.1) is 0 Å². The Balaban J connectivity index is 0.00000106. The number of hydrazine groups is 1. The number of hydrogen-bond acceptors (Lipinski definition) is 7. The number of nitrogens with zero attached hydrogens (tertiary/aromatic N) is 4. The van der Waals surface area contributed by atoms with Gasteiger partial charge in [-0.2, -0.15) is 0 Å². The van der Waals surface area contributed by atoms with Crippen LogP contribution in [0.1, 0.15) is 19.4 Å². The third kappa shape index (κ3) is 3.58. The molecule has 8 N–H and O–H groups in total. The van der Waals surface area contributed by atoms with E-state index in [9.17, 15) is 0 Å². The van der Waals surface area contributed by atoms with E-state index in [-0.39, 0.29) is 17.5 Å². The molecule has 0 atom stereocenters. The van der Waals surface area contributed by atoms with Gasteiger partial charge in [0.15, 0.2) is 5.84 Å². The first kappa shape index (κ1) is 13.9. The number of anilines is 2. The summed E-state index contributed by atoms with van der Waals surface area (Å²) < 4.78 is 0. The second-order valence-electron chi connectivity index (χ2n) is 2.58. The SMILES string of the molecule is CC.CN(N)/N=C(\N)c1c(N)ncnc1N. The molecule has 8 nitrogen and oxygen atoms in total. The van der Waals surface area contributed by atoms with Crippen molar-refractivity contribution in [3.8, 4) is 0 Å². The van der Waals surface area contributed by atoms with Crippen molar-refractivity contribution in [2.24, 2.45) is 16.7 Å². The molecule has 1 rings (SSSR count). The molecule has 0 unspecified atom stereocenters. The Morgan fingerprint density at radius 3 is 2.06 bits per heavy atom. The minimum atomic E-state index is 0.0746. The van der Waals surface area contributed by atoms with Gasteiger partial charge in [-0.05, 0) is 0 Å². The van der Waals surface area contributed by atoms with Gasteiger partial charge in [0.25, 0.3) is 0 Å². The summed E-state index contributed by atoms with van der Waals surface area (Å²) in [4.78, 5) is 7.47. The molecule has 0 aliphatic carbocycles. The summed E-state index contributed by atoms with van der Waals surface area (Å²) in [5, 5.41) is 4.78. The molecule has 0 radical (unpaired) electrons. The third-order valence-corrected chi connectivity index (χ3v) is 1.43. The summed E-state index contributed by atoms with van der Waals surface area (Å²) in [5.41, 5.74) is 17.0. The van der Waals surface area contributed by atoms with E-state index in [2.05, 4.69) is 15.1 Å². The fourth-order valence-electron chi connectivity index (χ4n) is 0.896. The molecule has 0 spiro atoms. The minimum Gasteiger partial charge on any atom is -0.383 e. The Bertz CT molecular complexity index is 339. The summed E-state index contributed by atoms with van der Waals surface area (Å²) in [6.45, 7) is 4.00. The van der Waals surface area contributed by atoms with Gasteiger partial charge in [-0.25, -0.2) is 20.9 Å². The van der Waals surface area contributed by atoms with E-state index in [4.69, 9.17) is 23.0 Å². The summed E-state index contributed by atoms with van der Waals surface area (Å²) >= 11 is 0. The van der Waals surface area contributed by atoms with Crippen molar-refractivity contribution in [1.82, 2.24) is 15.1 Å². The normalized spacial score (nSPS) is 10.4. The van der Waals surface area contributed by atoms with E-state index in [0.29, 0.717) is 5.56 Å². The van der Waals surface area contributed by atoms with Crippen LogP contribution < -0.4 is 23.0 Å². The quantitative estimate of drug-likeness (QED) is 0.221. The number of nitrogen functional groups attached to an aromatic ring is 2. The highest BCUT2D eigenvalue weighted by molar-refractivity contribution is 6.04. The van der Waals surface area contributed by atoms with E-state index >= 15 is 0 Å². The average Bonchev–Trinajstić information content (AvgIpc) is 2.19. The lowest BCUT2D eigenvalue weighted by Gasteiger charge is -2.09. The van der Waals surface area contributed by atoms with Crippen LogP contribution in [0.3, 0.4) is 0 Å². The van der Waals surface area contributed by atoms with Crippen LogP contribution in [-0.4, -0.2) is 28.0 Å². The number of rotatable bonds is 2. The van der Waals surface area contributed by atoms with Crippen molar-refractivity contribution >= 4 is 17.5 Å². The van der Waals surface area contributed by atoms with Gasteiger partial charge in [-0.15, -0.1) is 5.10 Å². The molecule has 0 fully saturated rings. The van der Waals surface area contributed by atoms with Gasteiger partial charge in [-0.1, -0.05) is 13.8 Å². The van der Waals surface area contributed by atoms with Crippen LogP contribution in [0.5, 0.6) is 0 Å². The lowest BCUT2D eigenvalue weighted by atomic mass is 10.2. The van der Waals surface area contributed by atoms with E-state index in [1.807, 2.05) is 13.8 Å². The molecule has 1 aromatic rings. The van der Waals surface area contributed by atoms with Crippen molar-refractivity contribution in [1.29, 1.82) is 0 Å². The predicted octanol–water partition coefficient (Wildman–Crippen LogP) is -0.907. The number of aromatic nitrogens is 2. The van der Waals surface area contributed by atoms with E-state index in [0.717, 1.165) is 5.12 Å². The molecular weight excluding hydrogens is 208 g/mol. The minimum absolute atomic E-state index is 0.0746. The van der Waals surface area contributed by atoms with Crippen molar-refractivity contribution in [3.05, 3.63) is 11.9 Å². The van der Waals surface area contributed by atoms with E-state index < -0.39 is 0 Å². The van der Waals surface area contributed by atoms with Crippen LogP contribution >= 0.6 is 0 Å². The second-order valence-corrected chi connectivity index (χ2v) is 2.58. The maximum absolute atomic E-state index is 5.59.